The smallest absolute Gasteiger partial charge is 0.0933 e. The van der Waals surface area contributed by atoms with Crippen molar-refractivity contribution >= 4 is 5.69 Å². The third-order valence-corrected chi connectivity index (χ3v) is 3.18. The fourth-order valence-corrected chi connectivity index (χ4v) is 2.17. The maximum absolute atomic E-state index is 4.50. The Hall–Kier alpha value is -2.61. The molecular weight excluding hydrogens is 244 g/mol. The zero-order valence-electron chi connectivity index (χ0n) is 11.2. The maximum Gasteiger partial charge on any atom is 0.0933 e. The molecule has 1 heterocycles. The lowest BCUT2D eigenvalue weighted by Gasteiger charge is -2.11. The van der Waals surface area contributed by atoms with Crippen molar-refractivity contribution < 1.29 is 0 Å². The first-order chi connectivity index (χ1) is 9.93. The van der Waals surface area contributed by atoms with Crippen LogP contribution < -0.4 is 5.32 Å². The van der Waals surface area contributed by atoms with Gasteiger partial charge in [-0.05, 0) is 17.7 Å². The Kier molecular flexibility index (Phi) is 3.74. The fourth-order valence-electron chi connectivity index (χ4n) is 2.17. The molecule has 0 saturated heterocycles. The average Bonchev–Trinajstić information content (AvgIpc) is 2.55. The number of nitrogens with one attached hydrogen (secondary N) is 1. The third-order valence-electron chi connectivity index (χ3n) is 3.18. The number of hydrogen-bond donors (Lipinski definition) is 1. The van der Waals surface area contributed by atoms with Gasteiger partial charge in [0.15, 0.2) is 0 Å². The van der Waals surface area contributed by atoms with Crippen molar-refractivity contribution in [3.05, 3.63) is 84.6 Å². The van der Waals surface area contributed by atoms with Gasteiger partial charge in [-0.2, -0.15) is 0 Å². The predicted octanol–water partition coefficient (Wildman–Crippen LogP) is 4.36. The van der Waals surface area contributed by atoms with E-state index in [-0.39, 0.29) is 0 Å². The third kappa shape index (κ3) is 2.86. The van der Waals surface area contributed by atoms with Crippen LogP contribution in [0, 0.1) is 0 Å². The lowest BCUT2D eigenvalue weighted by atomic mass is 10.1. The Bertz CT molecular complexity index is 663. The molecule has 0 unspecified atom stereocenters. The monoisotopic (exact) mass is 260 g/mol. The molecule has 0 atom stereocenters. The number of aromatic nitrogens is 1. The minimum absolute atomic E-state index is 0.798. The van der Waals surface area contributed by atoms with Gasteiger partial charge in [-0.3, -0.25) is 4.98 Å². The van der Waals surface area contributed by atoms with Gasteiger partial charge in [-0.15, -0.1) is 0 Å². The summed E-state index contributed by atoms with van der Waals surface area (Å²) in [4.78, 5) is 4.50. The Morgan fingerprint density at radius 3 is 2.20 bits per heavy atom. The van der Waals surface area contributed by atoms with Crippen LogP contribution in [0.3, 0.4) is 0 Å². The quantitative estimate of drug-likeness (QED) is 0.754. The highest BCUT2D eigenvalue weighted by Crippen LogP contribution is 2.25. The molecule has 1 aromatic heterocycles. The van der Waals surface area contributed by atoms with Crippen LogP contribution in [-0.2, 0) is 6.54 Å². The van der Waals surface area contributed by atoms with Gasteiger partial charge in [0.1, 0.15) is 0 Å². The second kappa shape index (κ2) is 6.02. The number of anilines is 1. The topological polar surface area (TPSA) is 24.9 Å². The maximum atomic E-state index is 4.50. The summed E-state index contributed by atoms with van der Waals surface area (Å²) < 4.78 is 0. The summed E-state index contributed by atoms with van der Waals surface area (Å²) in [7, 11) is 0. The van der Waals surface area contributed by atoms with E-state index in [0.717, 1.165) is 23.5 Å². The predicted molar refractivity (Wildman–Crippen MR) is 83.4 cm³/mol. The summed E-state index contributed by atoms with van der Waals surface area (Å²) >= 11 is 0. The summed E-state index contributed by atoms with van der Waals surface area (Å²) in [5, 5.41) is 3.47. The van der Waals surface area contributed by atoms with E-state index in [1.54, 1.807) is 0 Å². The fraction of sp³-hybridized carbons (Fsp3) is 0.0556. The van der Waals surface area contributed by atoms with Crippen LogP contribution in [0.25, 0.3) is 11.3 Å². The van der Waals surface area contributed by atoms with Gasteiger partial charge in [0, 0.05) is 18.3 Å². The minimum Gasteiger partial charge on any atom is -0.379 e. The molecule has 0 aliphatic carbocycles. The Morgan fingerprint density at radius 1 is 0.750 bits per heavy atom. The van der Waals surface area contributed by atoms with Crippen LogP contribution in [-0.4, -0.2) is 4.98 Å². The first-order valence-corrected chi connectivity index (χ1v) is 6.72. The van der Waals surface area contributed by atoms with E-state index in [1.807, 2.05) is 36.5 Å². The normalized spacial score (nSPS) is 10.2. The molecule has 0 fully saturated rings. The van der Waals surface area contributed by atoms with Crippen molar-refractivity contribution in [3.63, 3.8) is 0 Å². The van der Waals surface area contributed by atoms with Crippen LogP contribution >= 0.6 is 0 Å². The molecule has 0 spiro atoms. The second-order valence-corrected chi connectivity index (χ2v) is 4.60. The molecule has 98 valence electrons. The zero-order chi connectivity index (χ0) is 13.6. The Balaban J connectivity index is 1.84. The van der Waals surface area contributed by atoms with Crippen molar-refractivity contribution in [2.75, 3.05) is 5.32 Å². The molecular formula is C18H16N2. The Labute approximate surface area is 119 Å². The lowest BCUT2D eigenvalue weighted by molar-refractivity contribution is 1.14. The van der Waals surface area contributed by atoms with Crippen LogP contribution in [0.15, 0.2) is 79.0 Å². The SMILES string of the molecule is c1ccc(CNc2cccnc2-c2ccccc2)cc1. The van der Waals surface area contributed by atoms with Crippen molar-refractivity contribution in [1.82, 2.24) is 4.98 Å². The van der Waals surface area contributed by atoms with Crippen LogP contribution in [0.5, 0.6) is 0 Å². The largest absolute Gasteiger partial charge is 0.379 e. The van der Waals surface area contributed by atoms with Gasteiger partial charge in [0.2, 0.25) is 0 Å². The molecule has 2 heteroatoms. The van der Waals surface area contributed by atoms with E-state index >= 15 is 0 Å². The van der Waals surface area contributed by atoms with Gasteiger partial charge in [0.25, 0.3) is 0 Å². The highest BCUT2D eigenvalue weighted by atomic mass is 14.9. The summed E-state index contributed by atoms with van der Waals surface area (Å²) in [5.74, 6) is 0. The van der Waals surface area contributed by atoms with E-state index in [9.17, 15) is 0 Å². The first-order valence-electron chi connectivity index (χ1n) is 6.72. The van der Waals surface area contributed by atoms with Crippen molar-refractivity contribution in [2.45, 2.75) is 6.54 Å². The highest BCUT2D eigenvalue weighted by Gasteiger charge is 2.05. The van der Waals surface area contributed by atoms with Crippen LogP contribution in [0.2, 0.25) is 0 Å². The molecule has 0 radical (unpaired) electrons. The molecule has 20 heavy (non-hydrogen) atoms. The molecule has 0 saturated carbocycles. The molecule has 0 bridgehead atoms. The van der Waals surface area contributed by atoms with E-state index in [4.69, 9.17) is 0 Å². The van der Waals surface area contributed by atoms with Gasteiger partial charge in [-0.25, -0.2) is 0 Å². The molecule has 1 N–H and O–H groups in total. The molecule has 2 aromatic carbocycles. The molecule has 0 aliphatic heterocycles. The van der Waals surface area contributed by atoms with Crippen molar-refractivity contribution in [1.29, 1.82) is 0 Å². The Morgan fingerprint density at radius 2 is 1.45 bits per heavy atom. The van der Waals surface area contributed by atoms with Gasteiger partial charge in [-0.1, -0.05) is 60.7 Å². The number of benzene rings is 2. The summed E-state index contributed by atoms with van der Waals surface area (Å²) in [5.41, 5.74) is 4.44. The summed E-state index contributed by atoms with van der Waals surface area (Å²) in [6, 6.07) is 24.6. The average molecular weight is 260 g/mol. The molecule has 0 aliphatic rings. The first kappa shape index (κ1) is 12.4. The summed E-state index contributed by atoms with van der Waals surface area (Å²) in [6.45, 7) is 0.798. The standard InChI is InChI=1S/C18H16N2/c1-3-8-15(9-4-1)14-20-17-12-7-13-19-18(17)16-10-5-2-6-11-16/h1-13,20H,14H2. The molecule has 3 rings (SSSR count). The van der Waals surface area contributed by atoms with E-state index in [0.29, 0.717) is 0 Å². The van der Waals surface area contributed by atoms with E-state index < -0.39 is 0 Å². The van der Waals surface area contributed by atoms with Crippen LogP contribution in [0.1, 0.15) is 5.56 Å². The zero-order valence-corrected chi connectivity index (χ0v) is 11.2. The van der Waals surface area contributed by atoms with E-state index in [2.05, 4.69) is 52.8 Å². The number of hydrogen-bond acceptors (Lipinski definition) is 2. The van der Waals surface area contributed by atoms with E-state index in [1.165, 1.54) is 5.56 Å². The number of pyridine rings is 1. The highest BCUT2D eigenvalue weighted by molar-refractivity contribution is 5.73. The van der Waals surface area contributed by atoms with Gasteiger partial charge < -0.3 is 5.32 Å². The second-order valence-electron chi connectivity index (χ2n) is 4.60. The van der Waals surface area contributed by atoms with Crippen molar-refractivity contribution in [3.8, 4) is 11.3 Å². The number of rotatable bonds is 4. The van der Waals surface area contributed by atoms with Gasteiger partial charge in [0.05, 0.1) is 11.4 Å². The summed E-state index contributed by atoms with van der Waals surface area (Å²) in [6.07, 6.45) is 1.83. The molecule has 3 aromatic rings. The molecule has 0 amide bonds. The minimum atomic E-state index is 0.798. The number of nitrogens with zero attached hydrogens (tertiary/aromatic N) is 1. The lowest BCUT2D eigenvalue weighted by Crippen LogP contribution is -2.01. The van der Waals surface area contributed by atoms with Crippen molar-refractivity contribution in [2.24, 2.45) is 0 Å². The van der Waals surface area contributed by atoms with Crippen LogP contribution in [0.4, 0.5) is 5.69 Å². The molecule has 2 nitrogen and oxygen atoms in total. The van der Waals surface area contributed by atoms with Gasteiger partial charge >= 0.3 is 0 Å².